The van der Waals surface area contributed by atoms with Gasteiger partial charge in [0.2, 0.25) is 16.6 Å². The molecule has 8 heterocycles. The van der Waals surface area contributed by atoms with Crippen LogP contribution >= 0.6 is 0 Å². The first-order valence-electron chi connectivity index (χ1n) is 24.2. The Bertz CT molecular complexity index is 4420. The molecule has 5 N–H and O–H groups in total. The molecule has 0 saturated carbocycles. The molecule has 0 unspecified atom stereocenters. The van der Waals surface area contributed by atoms with Crippen LogP contribution in [0.3, 0.4) is 0 Å². The summed E-state index contributed by atoms with van der Waals surface area (Å²) >= 11 is 0. The summed E-state index contributed by atoms with van der Waals surface area (Å²) in [5.74, 6) is -0.157. The SMILES string of the molecule is C[n+]1cc(C2=c3ccc([nH]3)=C(c3ccc(NC(=O)c4ccccc4)cc3)c3ccc([nH]3)C(c3cc4ccccc4[n+](C)c3)=c3ccc([nH]3)=C(c3cc4ccccc4[n+](C)c3)c3ccc2[nH]3)cc2ccccc21. The third-order valence-electron chi connectivity index (χ3n) is 14.1. The lowest BCUT2D eigenvalue weighted by molar-refractivity contribution is -0.645. The molecule has 12 aromatic rings. The highest BCUT2D eigenvalue weighted by molar-refractivity contribution is 6.04. The van der Waals surface area contributed by atoms with Gasteiger partial charge in [-0.1, -0.05) is 66.7 Å². The zero-order chi connectivity index (χ0) is 48.5. The number of para-hydroxylation sites is 3. The molecule has 1 amide bonds. The van der Waals surface area contributed by atoms with Crippen molar-refractivity contribution in [3.63, 3.8) is 0 Å². The molecule has 7 aromatic heterocycles. The van der Waals surface area contributed by atoms with E-state index in [1.54, 1.807) is 0 Å². The summed E-state index contributed by atoms with van der Waals surface area (Å²) in [4.78, 5) is 29.1. The minimum Gasteiger partial charge on any atom is -0.354 e. The minimum atomic E-state index is -0.157. The van der Waals surface area contributed by atoms with Crippen LogP contribution in [0.1, 0.15) is 55.4 Å². The lowest BCUT2D eigenvalue weighted by Crippen LogP contribution is -2.30. The molecule has 5 aromatic carbocycles. The van der Waals surface area contributed by atoms with Crippen molar-refractivity contribution in [1.82, 2.24) is 19.9 Å². The Morgan fingerprint density at radius 3 is 1.10 bits per heavy atom. The van der Waals surface area contributed by atoms with E-state index in [4.69, 9.17) is 0 Å². The monoisotopic (exact) mass is 933 g/mol. The van der Waals surface area contributed by atoms with Gasteiger partial charge in [0.15, 0.2) is 18.6 Å². The van der Waals surface area contributed by atoms with E-state index in [1.165, 1.54) is 0 Å². The lowest BCUT2D eigenvalue weighted by Gasteiger charge is -2.11. The third-order valence-corrected chi connectivity index (χ3v) is 14.1. The maximum Gasteiger partial charge on any atom is 0.255 e. The number of nitrogens with one attached hydrogen (secondary N) is 5. The van der Waals surface area contributed by atoms with Gasteiger partial charge in [0, 0.05) is 112 Å². The Labute approximate surface area is 414 Å². The molecule has 0 saturated heterocycles. The Morgan fingerprint density at radius 1 is 0.361 bits per heavy atom. The highest BCUT2D eigenvalue weighted by atomic mass is 16.1. The van der Waals surface area contributed by atoms with Crippen LogP contribution in [0, 0.1) is 0 Å². The average Bonchev–Trinajstić information content (AvgIpc) is 4.26. The van der Waals surface area contributed by atoms with E-state index in [1.807, 2.05) is 42.5 Å². The molecule has 0 atom stereocenters. The summed E-state index contributed by atoms with van der Waals surface area (Å²) in [5, 5.41) is 10.3. The number of carbonyl (C=O) groups excluding carboxylic acids is 1. The number of nitrogens with zero attached hydrogens (tertiary/aromatic N) is 3. The summed E-state index contributed by atoms with van der Waals surface area (Å²) in [6.07, 6.45) is 6.67. The van der Waals surface area contributed by atoms with Crippen molar-refractivity contribution < 1.29 is 18.5 Å². The van der Waals surface area contributed by atoms with Crippen molar-refractivity contribution >= 4 is 66.6 Å². The first kappa shape index (κ1) is 42.5. The molecular formula is C63H49N8O+3. The second-order valence-corrected chi connectivity index (χ2v) is 18.7. The van der Waals surface area contributed by atoms with Crippen LogP contribution in [0.5, 0.6) is 0 Å². The molecule has 72 heavy (non-hydrogen) atoms. The molecule has 344 valence electrons. The second kappa shape index (κ2) is 17.1. The van der Waals surface area contributed by atoms with Gasteiger partial charge in [-0.2, -0.15) is 0 Å². The van der Waals surface area contributed by atoms with Crippen molar-refractivity contribution in [2.75, 3.05) is 5.32 Å². The van der Waals surface area contributed by atoms with Crippen molar-refractivity contribution in [2.45, 2.75) is 0 Å². The van der Waals surface area contributed by atoms with Gasteiger partial charge in [0.25, 0.3) is 5.91 Å². The lowest BCUT2D eigenvalue weighted by atomic mass is 10.0. The fraction of sp³-hybridized carbons (Fsp3) is 0.0476. The first-order valence-corrected chi connectivity index (χ1v) is 24.2. The normalized spacial score (nSPS) is 12.6. The average molecular weight is 934 g/mol. The molecular weight excluding hydrogens is 885 g/mol. The zero-order valence-corrected chi connectivity index (χ0v) is 40.0. The number of H-pyrrole nitrogens is 4. The summed E-state index contributed by atoms with van der Waals surface area (Å²) in [5.41, 5.74) is 16.8. The number of hydrogen-bond donors (Lipinski definition) is 5. The van der Waals surface area contributed by atoms with E-state index in [9.17, 15) is 4.79 Å². The fourth-order valence-corrected chi connectivity index (χ4v) is 10.7. The van der Waals surface area contributed by atoms with Crippen molar-refractivity contribution in [3.8, 4) is 0 Å². The molecule has 9 nitrogen and oxygen atoms in total. The molecule has 0 fully saturated rings. The van der Waals surface area contributed by atoms with Gasteiger partial charge in [0.05, 0.1) is 16.7 Å². The molecule has 8 bridgehead atoms. The van der Waals surface area contributed by atoms with Gasteiger partial charge in [-0.25, -0.2) is 13.7 Å². The molecule has 0 aliphatic carbocycles. The van der Waals surface area contributed by atoms with E-state index in [0.717, 1.165) is 121 Å². The number of aromatic amines is 4. The van der Waals surface area contributed by atoms with Crippen molar-refractivity contribution in [3.05, 3.63) is 285 Å². The van der Waals surface area contributed by atoms with E-state index in [0.29, 0.717) is 11.3 Å². The number of carbonyl (C=O) groups is 1. The zero-order valence-electron chi connectivity index (χ0n) is 40.0. The fourth-order valence-electron chi connectivity index (χ4n) is 10.7. The predicted molar refractivity (Wildman–Crippen MR) is 284 cm³/mol. The van der Waals surface area contributed by atoms with Gasteiger partial charge in [0.1, 0.15) is 21.1 Å². The van der Waals surface area contributed by atoms with E-state index >= 15 is 0 Å². The number of pyridine rings is 3. The van der Waals surface area contributed by atoms with Gasteiger partial charge in [-0.15, -0.1) is 0 Å². The quantitative estimate of drug-likeness (QED) is 0.110. The van der Waals surface area contributed by atoms with E-state index in [2.05, 4.69) is 230 Å². The second-order valence-electron chi connectivity index (χ2n) is 18.7. The highest BCUT2D eigenvalue weighted by Crippen LogP contribution is 2.30. The highest BCUT2D eigenvalue weighted by Gasteiger charge is 2.23. The number of amides is 1. The van der Waals surface area contributed by atoms with Crippen molar-refractivity contribution in [2.24, 2.45) is 21.1 Å². The molecule has 13 rings (SSSR count). The van der Waals surface area contributed by atoms with Gasteiger partial charge in [-0.05, 0) is 115 Å². The number of hydrogen-bond acceptors (Lipinski definition) is 1. The summed E-state index contributed by atoms with van der Waals surface area (Å²) in [6.45, 7) is 0. The maximum atomic E-state index is 13.3. The standard InChI is InChI=1S/C63H48N8O/c1-69-36-44(33-41-15-7-10-18-56(41)69)60-50-27-25-48(65-50)59(39-21-23-47(24-22-39)64-63(72)40-13-5-4-6-14-40)49-26-28-51(66-49)61(45-34-42-16-8-11-19-57(42)70(2)37-45)53-30-32-55(68-53)62(54-31-29-52(60)67-54)46-35-43-17-9-12-20-58(43)71(3)38-46/h4-38,65-68H,1-3H3/q+2/p+1. The number of anilines is 1. The number of rotatable bonds is 6. The van der Waals surface area contributed by atoms with Crippen LogP contribution in [0.25, 0.3) is 55.0 Å². The van der Waals surface area contributed by atoms with Crippen LogP contribution in [-0.4, -0.2) is 25.8 Å². The molecule has 1 aliphatic rings. The third kappa shape index (κ3) is 7.43. The molecule has 9 heteroatoms. The smallest absolute Gasteiger partial charge is 0.255 e. The van der Waals surface area contributed by atoms with Crippen LogP contribution in [0.4, 0.5) is 5.69 Å². The summed E-state index contributed by atoms with van der Waals surface area (Å²) < 4.78 is 6.63. The van der Waals surface area contributed by atoms with Gasteiger partial charge < -0.3 is 25.3 Å². The summed E-state index contributed by atoms with van der Waals surface area (Å²) in [6, 6.07) is 67.4. The Kier molecular flexibility index (Phi) is 10.1. The molecule has 0 spiro atoms. The Balaban J connectivity index is 1.11. The number of aryl methyl sites for hydroxylation is 3. The van der Waals surface area contributed by atoms with Gasteiger partial charge >= 0.3 is 0 Å². The number of fused-ring (bicyclic) bond motifs is 11. The first-order chi connectivity index (χ1) is 35.3. The Hall–Kier alpha value is -9.60. The number of aromatic nitrogens is 7. The van der Waals surface area contributed by atoms with E-state index in [-0.39, 0.29) is 5.91 Å². The maximum absolute atomic E-state index is 13.3. The Morgan fingerprint density at radius 2 is 0.708 bits per heavy atom. The van der Waals surface area contributed by atoms with Crippen LogP contribution in [0.2, 0.25) is 0 Å². The van der Waals surface area contributed by atoms with Gasteiger partial charge in [-0.3, -0.25) is 4.79 Å². The molecule has 1 aliphatic heterocycles. The predicted octanol–water partition coefficient (Wildman–Crippen LogP) is 7.49. The minimum absolute atomic E-state index is 0.157. The number of benzene rings is 5. The van der Waals surface area contributed by atoms with Crippen LogP contribution in [0.15, 0.2) is 213 Å². The topological polar surface area (TPSA) is 104 Å². The largest absolute Gasteiger partial charge is 0.354 e. The van der Waals surface area contributed by atoms with Crippen LogP contribution < -0.4 is 40.4 Å². The molecule has 0 radical (unpaired) electrons. The van der Waals surface area contributed by atoms with Crippen LogP contribution in [-0.2, 0) is 21.1 Å². The van der Waals surface area contributed by atoms with E-state index < -0.39 is 0 Å². The summed E-state index contributed by atoms with van der Waals surface area (Å²) in [7, 11) is 6.34. The van der Waals surface area contributed by atoms with Crippen molar-refractivity contribution in [1.29, 1.82) is 0 Å².